The number of allylic oxidation sites excluding steroid dienone is 1. The molecule has 4 heterocycles. The number of aromatic nitrogens is 3. The second kappa shape index (κ2) is 13.4. The van der Waals surface area contributed by atoms with Crippen molar-refractivity contribution in [3.63, 3.8) is 0 Å². The molecule has 3 aliphatic heterocycles. The molecular weight excluding hydrogens is 574 g/mol. The summed E-state index contributed by atoms with van der Waals surface area (Å²) in [5.74, 6) is -2.71. The van der Waals surface area contributed by atoms with Gasteiger partial charge in [-0.3, -0.25) is 14.4 Å². The summed E-state index contributed by atoms with van der Waals surface area (Å²) < 4.78 is 14.3. The highest BCUT2D eigenvalue weighted by atomic mass is 16.6. The molecule has 244 valence electrons. The largest absolute Gasteiger partial charge is 0.465 e. The molecule has 2 bridgehead atoms. The third kappa shape index (κ3) is 5.69. The number of esters is 1. The Hall–Kier alpha value is -3.57. The Morgan fingerprint density at radius 1 is 1.22 bits per heavy atom. The first-order chi connectivity index (χ1) is 21.7. The maximum atomic E-state index is 14.9. The predicted molar refractivity (Wildman–Crippen MR) is 168 cm³/mol. The summed E-state index contributed by atoms with van der Waals surface area (Å²) in [6, 6.07) is 5.83. The van der Waals surface area contributed by atoms with E-state index in [0.717, 1.165) is 18.4 Å². The number of aliphatic hydroxyl groups excluding tert-OH is 1. The van der Waals surface area contributed by atoms with Crippen LogP contribution in [-0.4, -0.2) is 90.7 Å². The van der Waals surface area contributed by atoms with E-state index in [2.05, 4.69) is 23.5 Å². The maximum Gasteiger partial charge on any atom is 0.312 e. The van der Waals surface area contributed by atoms with Crippen LogP contribution in [0.15, 0.2) is 49.6 Å². The molecule has 3 fully saturated rings. The van der Waals surface area contributed by atoms with Crippen LogP contribution in [0.25, 0.3) is 11.0 Å². The van der Waals surface area contributed by atoms with Gasteiger partial charge < -0.3 is 24.4 Å². The van der Waals surface area contributed by atoms with Gasteiger partial charge in [-0.05, 0) is 63.0 Å². The van der Waals surface area contributed by atoms with E-state index < -0.39 is 41.1 Å². The number of hydrogen-bond donors (Lipinski definition) is 1. The van der Waals surface area contributed by atoms with E-state index >= 15 is 0 Å². The van der Waals surface area contributed by atoms with Crippen molar-refractivity contribution in [1.82, 2.24) is 24.8 Å². The summed E-state index contributed by atoms with van der Waals surface area (Å²) in [5.41, 5.74) is -0.668. The molecule has 0 saturated carbocycles. The molecule has 1 N–H and O–H groups in total. The van der Waals surface area contributed by atoms with E-state index in [1.165, 1.54) is 4.90 Å². The van der Waals surface area contributed by atoms with Crippen LogP contribution in [0.1, 0.15) is 65.7 Å². The van der Waals surface area contributed by atoms with Crippen LogP contribution >= 0.6 is 0 Å². The lowest BCUT2D eigenvalue weighted by Gasteiger charge is -2.40. The number of benzene rings is 1. The number of fused-ring (bicyclic) bond motifs is 2. The second-order valence-corrected chi connectivity index (χ2v) is 13.1. The summed E-state index contributed by atoms with van der Waals surface area (Å²) in [7, 11) is 0. The average Bonchev–Trinajstić information content (AvgIpc) is 3.76. The number of amides is 2. The molecule has 11 heteroatoms. The molecule has 2 aromatic rings. The monoisotopic (exact) mass is 621 g/mol. The topological polar surface area (TPSA) is 127 Å². The molecule has 1 spiro atoms. The van der Waals surface area contributed by atoms with Gasteiger partial charge in [-0.2, -0.15) is 0 Å². The lowest BCUT2D eigenvalue weighted by molar-refractivity contribution is -0.164. The number of unbranched alkanes of at least 4 members (excludes halogenated alkanes) is 2. The van der Waals surface area contributed by atoms with Gasteiger partial charge in [-0.1, -0.05) is 50.3 Å². The minimum atomic E-state index is -1.23. The van der Waals surface area contributed by atoms with E-state index in [9.17, 15) is 19.5 Å². The summed E-state index contributed by atoms with van der Waals surface area (Å²) in [6.07, 6.45) is 7.81. The predicted octanol–water partition coefficient (Wildman–Crippen LogP) is 3.86. The van der Waals surface area contributed by atoms with E-state index in [0.29, 0.717) is 37.6 Å². The Morgan fingerprint density at radius 3 is 2.69 bits per heavy atom. The van der Waals surface area contributed by atoms with Crippen molar-refractivity contribution in [3.8, 4) is 0 Å². The molecule has 2 amide bonds. The maximum absolute atomic E-state index is 14.9. The fraction of sp³-hybridized carbons (Fsp3) is 0.618. The number of para-hydroxylation sites is 1. The fourth-order valence-electron chi connectivity index (χ4n) is 7.89. The van der Waals surface area contributed by atoms with Gasteiger partial charge in [0.1, 0.15) is 29.7 Å². The molecule has 45 heavy (non-hydrogen) atoms. The van der Waals surface area contributed by atoms with Crippen LogP contribution in [0, 0.1) is 17.8 Å². The van der Waals surface area contributed by atoms with Gasteiger partial charge in [0.05, 0.1) is 36.3 Å². The molecule has 1 aromatic carbocycles. The van der Waals surface area contributed by atoms with Crippen molar-refractivity contribution in [2.45, 2.75) is 95.7 Å². The molecule has 0 radical (unpaired) electrons. The highest BCUT2D eigenvalue weighted by Gasteiger charge is 2.79. The molecule has 3 saturated heterocycles. The number of carbonyl (C=O) groups excluding carboxylic acids is 3. The van der Waals surface area contributed by atoms with Crippen LogP contribution in [0.5, 0.6) is 0 Å². The Kier molecular flexibility index (Phi) is 9.79. The van der Waals surface area contributed by atoms with Gasteiger partial charge in [-0.25, -0.2) is 4.68 Å². The van der Waals surface area contributed by atoms with E-state index in [-0.39, 0.29) is 44.2 Å². The van der Waals surface area contributed by atoms with Crippen molar-refractivity contribution in [1.29, 1.82) is 0 Å². The Morgan fingerprint density at radius 2 is 2.00 bits per heavy atom. The number of ether oxygens (including phenoxy) is 2. The summed E-state index contributed by atoms with van der Waals surface area (Å²) in [4.78, 5) is 46.4. The molecule has 3 aliphatic rings. The zero-order valence-electron chi connectivity index (χ0n) is 26.8. The van der Waals surface area contributed by atoms with Gasteiger partial charge in [0.2, 0.25) is 11.8 Å². The first-order valence-electron chi connectivity index (χ1n) is 16.3. The zero-order chi connectivity index (χ0) is 32.4. The molecule has 6 atom stereocenters. The van der Waals surface area contributed by atoms with Crippen LogP contribution in [0.3, 0.4) is 0 Å². The van der Waals surface area contributed by atoms with Gasteiger partial charge in [0.15, 0.2) is 0 Å². The smallest absolute Gasteiger partial charge is 0.312 e. The standard InChI is InChI=1S/C34H47N5O6/c1-6-9-10-13-19-44-32(43)28-27-30(41)39(24(21-40)20-23(4)5)29(34(27)17-16-33(28,8-3)45-34)31(42)37(18-7-2)22-38-26-15-12-11-14-25(26)35-36-38/h6-7,11-12,14-15,23-24,27-29,40H,1-2,8-10,13,16-22H2,3-5H3/t24-,27+,28-,29?,33+,34?/m1/s1. The van der Waals surface area contributed by atoms with E-state index in [1.807, 2.05) is 51.1 Å². The van der Waals surface area contributed by atoms with E-state index in [1.54, 1.807) is 15.7 Å². The second-order valence-electron chi connectivity index (χ2n) is 13.1. The number of rotatable bonds is 16. The molecule has 1 aromatic heterocycles. The normalized spacial score (nSPS) is 27.6. The van der Waals surface area contributed by atoms with Crippen molar-refractivity contribution < 1.29 is 29.0 Å². The van der Waals surface area contributed by atoms with Gasteiger partial charge in [-0.15, -0.1) is 18.3 Å². The molecular formula is C34H47N5O6. The lowest BCUT2D eigenvalue weighted by Crippen LogP contribution is -2.59. The van der Waals surface area contributed by atoms with Crippen molar-refractivity contribution in [2.75, 3.05) is 19.8 Å². The average molecular weight is 622 g/mol. The van der Waals surface area contributed by atoms with Gasteiger partial charge in [0.25, 0.3) is 0 Å². The summed E-state index contributed by atoms with van der Waals surface area (Å²) in [6.45, 7) is 13.8. The van der Waals surface area contributed by atoms with Gasteiger partial charge in [0, 0.05) is 6.54 Å². The number of likely N-dealkylation sites (tertiary alicyclic amines) is 1. The first kappa shape index (κ1) is 32.8. The summed E-state index contributed by atoms with van der Waals surface area (Å²) in [5, 5.41) is 19.1. The van der Waals surface area contributed by atoms with Crippen molar-refractivity contribution in [3.05, 3.63) is 49.6 Å². The lowest BCUT2D eigenvalue weighted by atomic mass is 9.65. The SMILES string of the molecule is C=CCCCCOC(=O)[C@H]1[C@H]2C(=O)N([C@@H](CO)CC(C)C)C(C(=O)N(CC=C)Cn3nnc4ccccc43)C23CC[C@]1(CC)O3. The Balaban J connectivity index is 1.54. The molecule has 11 nitrogen and oxygen atoms in total. The number of aliphatic hydroxyl groups is 1. The van der Waals surface area contributed by atoms with Crippen molar-refractivity contribution in [2.24, 2.45) is 17.8 Å². The van der Waals surface area contributed by atoms with Crippen molar-refractivity contribution >= 4 is 28.8 Å². The minimum Gasteiger partial charge on any atom is -0.465 e. The highest BCUT2D eigenvalue weighted by Crippen LogP contribution is 2.65. The third-order valence-electron chi connectivity index (χ3n) is 9.89. The Bertz CT molecular complexity index is 1420. The molecule has 5 rings (SSSR count). The third-order valence-corrected chi connectivity index (χ3v) is 9.89. The molecule has 0 aliphatic carbocycles. The first-order valence-corrected chi connectivity index (χ1v) is 16.3. The van der Waals surface area contributed by atoms with Gasteiger partial charge >= 0.3 is 5.97 Å². The van der Waals surface area contributed by atoms with Crippen LogP contribution in [0.4, 0.5) is 0 Å². The Labute approximate surface area is 265 Å². The quantitative estimate of drug-likeness (QED) is 0.170. The van der Waals surface area contributed by atoms with E-state index in [4.69, 9.17) is 9.47 Å². The zero-order valence-corrected chi connectivity index (χ0v) is 26.8. The fourth-order valence-corrected chi connectivity index (χ4v) is 7.89. The number of nitrogens with zero attached hydrogens (tertiary/aromatic N) is 5. The van der Waals surface area contributed by atoms with Crippen LogP contribution in [-0.2, 0) is 30.5 Å². The molecule has 2 unspecified atom stereocenters. The van der Waals surface area contributed by atoms with Crippen LogP contribution in [0.2, 0.25) is 0 Å². The van der Waals surface area contributed by atoms with Crippen LogP contribution < -0.4 is 0 Å². The number of carbonyl (C=O) groups is 3. The summed E-state index contributed by atoms with van der Waals surface area (Å²) >= 11 is 0. The minimum absolute atomic E-state index is 0.0771. The highest BCUT2D eigenvalue weighted by molar-refractivity contribution is 5.98. The number of hydrogen-bond acceptors (Lipinski definition) is 8.